The van der Waals surface area contributed by atoms with E-state index in [2.05, 4.69) is 0 Å². The SMILES string of the molecule is O=C1/C(=C\c2cn(-c3ccccc3)nc2-c2ccc(OCc3ccc(Cl)cc3)cc2)C(c2ccccc2)=NN1c1ccccc1. The number of hydrazone groups is 1. The second kappa shape index (κ2) is 12.5. The molecular weight excluding hydrogens is 580 g/mol. The number of carbonyl (C=O) groups excluding carboxylic acids is 1. The molecule has 1 amide bonds. The van der Waals surface area contributed by atoms with Crippen LogP contribution in [0.1, 0.15) is 16.7 Å². The van der Waals surface area contributed by atoms with Gasteiger partial charge in [-0.05, 0) is 72.3 Å². The zero-order valence-electron chi connectivity index (χ0n) is 24.1. The first-order valence-electron chi connectivity index (χ1n) is 14.5. The Morgan fingerprint density at radius 2 is 1.31 bits per heavy atom. The van der Waals surface area contributed by atoms with Gasteiger partial charge in [0.15, 0.2) is 0 Å². The second-order valence-corrected chi connectivity index (χ2v) is 10.9. The number of anilines is 1. The topological polar surface area (TPSA) is 59.7 Å². The minimum Gasteiger partial charge on any atom is -0.489 e. The third-order valence-electron chi connectivity index (χ3n) is 7.44. The molecule has 0 atom stereocenters. The van der Waals surface area contributed by atoms with E-state index in [4.69, 9.17) is 26.5 Å². The molecule has 1 aliphatic heterocycles. The monoisotopic (exact) mass is 606 g/mol. The van der Waals surface area contributed by atoms with E-state index < -0.39 is 0 Å². The summed E-state index contributed by atoms with van der Waals surface area (Å²) in [5.41, 5.74) is 7.00. The van der Waals surface area contributed by atoms with E-state index >= 15 is 0 Å². The molecule has 0 spiro atoms. The molecule has 218 valence electrons. The van der Waals surface area contributed by atoms with Gasteiger partial charge in [-0.2, -0.15) is 15.2 Å². The van der Waals surface area contributed by atoms with Gasteiger partial charge in [-0.15, -0.1) is 0 Å². The summed E-state index contributed by atoms with van der Waals surface area (Å²) >= 11 is 6.01. The largest absolute Gasteiger partial charge is 0.489 e. The molecule has 0 N–H and O–H groups in total. The minimum atomic E-state index is -0.204. The van der Waals surface area contributed by atoms with Crippen molar-refractivity contribution in [3.63, 3.8) is 0 Å². The maximum absolute atomic E-state index is 14.0. The van der Waals surface area contributed by atoms with Crippen molar-refractivity contribution >= 4 is 35.0 Å². The summed E-state index contributed by atoms with van der Waals surface area (Å²) < 4.78 is 7.85. The Hall–Kier alpha value is -5.72. The van der Waals surface area contributed by atoms with Crippen molar-refractivity contribution in [1.82, 2.24) is 9.78 Å². The van der Waals surface area contributed by atoms with E-state index in [1.54, 1.807) is 0 Å². The lowest BCUT2D eigenvalue weighted by molar-refractivity contribution is -0.114. The van der Waals surface area contributed by atoms with Crippen LogP contribution in [0.25, 0.3) is 23.0 Å². The first-order chi connectivity index (χ1) is 22.1. The molecule has 0 radical (unpaired) electrons. The van der Waals surface area contributed by atoms with Gasteiger partial charge in [0.25, 0.3) is 5.91 Å². The van der Waals surface area contributed by atoms with Crippen molar-refractivity contribution in [1.29, 1.82) is 0 Å². The molecule has 7 heteroatoms. The molecule has 0 saturated heterocycles. The third kappa shape index (κ3) is 6.05. The highest BCUT2D eigenvalue weighted by molar-refractivity contribution is 6.37. The molecule has 5 aromatic carbocycles. The van der Waals surface area contributed by atoms with Crippen molar-refractivity contribution in [2.75, 3.05) is 5.01 Å². The lowest BCUT2D eigenvalue weighted by Gasteiger charge is -2.11. The predicted molar refractivity (Wildman–Crippen MR) is 180 cm³/mol. The average molecular weight is 607 g/mol. The van der Waals surface area contributed by atoms with Crippen molar-refractivity contribution in [2.45, 2.75) is 6.61 Å². The van der Waals surface area contributed by atoms with Gasteiger partial charge in [-0.3, -0.25) is 4.79 Å². The van der Waals surface area contributed by atoms with Gasteiger partial charge in [0.1, 0.15) is 18.1 Å². The summed E-state index contributed by atoms with van der Waals surface area (Å²) in [4.78, 5) is 14.0. The smallest absolute Gasteiger partial charge is 0.281 e. The van der Waals surface area contributed by atoms with Gasteiger partial charge in [0.05, 0.1) is 22.6 Å². The van der Waals surface area contributed by atoms with E-state index in [0.717, 1.165) is 39.4 Å². The standard InChI is InChI=1S/C38H27ClN4O2/c39-31-20-16-27(17-21-31)26-45-34-22-18-29(19-23-34)36-30(25-42(40-36)32-12-6-2-7-13-32)24-35-37(28-10-4-1-5-11-28)41-43(38(35)44)33-14-8-3-9-15-33/h1-25H,26H2/b35-24-. The molecule has 0 aliphatic carbocycles. The molecule has 1 aliphatic rings. The Balaban J connectivity index is 1.27. The summed E-state index contributed by atoms with van der Waals surface area (Å²) in [6.07, 6.45) is 3.84. The van der Waals surface area contributed by atoms with Gasteiger partial charge in [-0.25, -0.2) is 4.68 Å². The molecule has 1 aromatic heterocycles. The zero-order chi connectivity index (χ0) is 30.6. The Morgan fingerprint density at radius 1 is 0.689 bits per heavy atom. The molecular formula is C38H27ClN4O2. The normalized spacial score (nSPS) is 13.7. The Bertz CT molecular complexity index is 2000. The molecule has 0 bridgehead atoms. The van der Waals surface area contributed by atoms with Gasteiger partial charge in [0.2, 0.25) is 0 Å². The number of nitrogens with zero attached hydrogens (tertiary/aromatic N) is 4. The fraction of sp³-hybridized carbons (Fsp3) is 0.0263. The quantitative estimate of drug-likeness (QED) is 0.163. The van der Waals surface area contributed by atoms with Crippen LogP contribution < -0.4 is 9.75 Å². The average Bonchev–Trinajstić information content (AvgIpc) is 3.67. The maximum Gasteiger partial charge on any atom is 0.281 e. The van der Waals surface area contributed by atoms with Crippen LogP contribution >= 0.6 is 11.6 Å². The highest BCUT2D eigenvalue weighted by Crippen LogP contribution is 2.32. The van der Waals surface area contributed by atoms with Gasteiger partial charge in [-0.1, -0.05) is 90.5 Å². The van der Waals surface area contributed by atoms with E-state index in [0.29, 0.717) is 28.6 Å². The summed E-state index contributed by atoms with van der Waals surface area (Å²) in [5.74, 6) is 0.531. The lowest BCUT2D eigenvalue weighted by Crippen LogP contribution is -2.21. The Kier molecular flexibility index (Phi) is 7.79. The number of ether oxygens (including phenoxy) is 1. The fourth-order valence-electron chi connectivity index (χ4n) is 5.14. The summed E-state index contributed by atoms with van der Waals surface area (Å²) in [7, 11) is 0. The number of para-hydroxylation sites is 2. The first-order valence-corrected chi connectivity index (χ1v) is 14.9. The number of aromatic nitrogens is 2. The fourth-order valence-corrected chi connectivity index (χ4v) is 5.27. The van der Waals surface area contributed by atoms with Crippen LogP contribution in [0.5, 0.6) is 5.75 Å². The van der Waals surface area contributed by atoms with Crippen LogP contribution in [0.2, 0.25) is 5.02 Å². The molecule has 6 nitrogen and oxygen atoms in total. The molecule has 7 rings (SSSR count). The second-order valence-electron chi connectivity index (χ2n) is 10.5. The van der Waals surface area contributed by atoms with E-state index in [1.165, 1.54) is 5.01 Å². The number of hydrogen-bond donors (Lipinski definition) is 0. The van der Waals surface area contributed by atoms with Crippen molar-refractivity contribution in [3.05, 3.63) is 173 Å². The summed E-state index contributed by atoms with van der Waals surface area (Å²) in [6, 6.07) is 44.6. The van der Waals surface area contributed by atoms with E-state index in [1.807, 2.05) is 156 Å². The molecule has 0 saturated carbocycles. The van der Waals surface area contributed by atoms with Crippen molar-refractivity contribution < 1.29 is 9.53 Å². The molecule has 0 fully saturated rings. The molecule has 2 heterocycles. The Morgan fingerprint density at radius 3 is 1.98 bits per heavy atom. The van der Waals surface area contributed by atoms with Crippen molar-refractivity contribution in [3.8, 4) is 22.7 Å². The number of benzene rings is 5. The van der Waals surface area contributed by atoms with Gasteiger partial charge in [0, 0.05) is 27.9 Å². The maximum atomic E-state index is 14.0. The molecule has 6 aromatic rings. The van der Waals surface area contributed by atoms with Crippen LogP contribution in [0.4, 0.5) is 5.69 Å². The van der Waals surface area contributed by atoms with Crippen molar-refractivity contribution in [2.24, 2.45) is 5.10 Å². The summed E-state index contributed by atoms with van der Waals surface area (Å²) in [6.45, 7) is 0.429. The first kappa shape index (κ1) is 28.1. The zero-order valence-corrected chi connectivity index (χ0v) is 24.9. The summed E-state index contributed by atoms with van der Waals surface area (Å²) in [5, 5.41) is 11.9. The Labute approximate surface area is 266 Å². The van der Waals surface area contributed by atoms with Gasteiger partial charge < -0.3 is 4.74 Å². The van der Waals surface area contributed by atoms with E-state index in [-0.39, 0.29) is 5.91 Å². The van der Waals surface area contributed by atoms with Crippen LogP contribution in [-0.4, -0.2) is 21.4 Å². The van der Waals surface area contributed by atoms with Gasteiger partial charge >= 0.3 is 0 Å². The van der Waals surface area contributed by atoms with E-state index in [9.17, 15) is 4.79 Å². The van der Waals surface area contributed by atoms with Crippen LogP contribution in [0, 0.1) is 0 Å². The minimum absolute atomic E-state index is 0.204. The van der Waals surface area contributed by atoms with Crippen LogP contribution in [0.3, 0.4) is 0 Å². The number of rotatable bonds is 8. The number of amides is 1. The highest BCUT2D eigenvalue weighted by atomic mass is 35.5. The predicted octanol–water partition coefficient (Wildman–Crippen LogP) is 8.61. The highest BCUT2D eigenvalue weighted by Gasteiger charge is 2.32. The molecule has 45 heavy (non-hydrogen) atoms. The van der Waals surface area contributed by atoms with Crippen LogP contribution in [0.15, 0.2) is 156 Å². The number of halogens is 1. The number of hydrogen-bond acceptors (Lipinski definition) is 4. The molecule has 0 unspecified atom stereocenters. The number of carbonyl (C=O) groups is 1. The lowest BCUT2D eigenvalue weighted by atomic mass is 9.99. The third-order valence-corrected chi connectivity index (χ3v) is 7.69. The van der Waals surface area contributed by atoms with Crippen LogP contribution in [-0.2, 0) is 11.4 Å².